The lowest BCUT2D eigenvalue weighted by atomic mass is 10.3. The van der Waals surface area contributed by atoms with Gasteiger partial charge in [0.2, 0.25) is 10.0 Å². The number of nitrogen functional groups attached to an aromatic ring is 1. The van der Waals surface area contributed by atoms with E-state index in [9.17, 15) is 8.42 Å². The molecule has 1 heterocycles. The Morgan fingerprint density at radius 2 is 2.25 bits per heavy atom. The van der Waals surface area contributed by atoms with Crippen molar-refractivity contribution >= 4 is 27.0 Å². The molecule has 6 nitrogen and oxygen atoms in total. The molecule has 1 aromatic heterocycles. The van der Waals surface area contributed by atoms with Gasteiger partial charge in [-0.25, -0.2) is 18.1 Å². The normalized spacial score (nSPS) is 11.4. The number of aromatic nitrogens is 1. The van der Waals surface area contributed by atoms with E-state index in [0.717, 1.165) is 5.01 Å². The first-order valence-electron chi connectivity index (χ1n) is 5.84. The van der Waals surface area contributed by atoms with Crippen molar-refractivity contribution < 1.29 is 13.2 Å². The number of hydrogen-bond acceptors (Lipinski definition) is 6. The quantitative estimate of drug-likeness (QED) is 0.783. The fourth-order valence-electron chi connectivity index (χ4n) is 1.61. The maximum Gasteiger partial charge on any atom is 0.240 e. The molecule has 0 fully saturated rings. The zero-order valence-electron chi connectivity index (χ0n) is 10.9. The van der Waals surface area contributed by atoms with Crippen LogP contribution in [0.3, 0.4) is 0 Å². The Labute approximate surface area is 121 Å². The van der Waals surface area contributed by atoms with Crippen molar-refractivity contribution in [2.45, 2.75) is 11.3 Å². The van der Waals surface area contributed by atoms with Gasteiger partial charge in [0.25, 0.3) is 0 Å². The smallest absolute Gasteiger partial charge is 0.240 e. The number of benzene rings is 1. The van der Waals surface area contributed by atoms with E-state index >= 15 is 0 Å². The van der Waals surface area contributed by atoms with E-state index in [0.29, 0.717) is 24.4 Å². The summed E-state index contributed by atoms with van der Waals surface area (Å²) in [5.74, 6) is 0.341. The van der Waals surface area contributed by atoms with Crippen LogP contribution in [-0.2, 0) is 16.4 Å². The molecule has 0 unspecified atom stereocenters. The molecule has 0 saturated carbocycles. The highest BCUT2D eigenvalue weighted by Gasteiger charge is 2.15. The highest BCUT2D eigenvalue weighted by atomic mass is 32.2. The molecule has 2 rings (SSSR count). The molecular formula is C12H15N3O3S2. The van der Waals surface area contributed by atoms with Gasteiger partial charge in [-0.1, -0.05) is 0 Å². The number of anilines is 1. The summed E-state index contributed by atoms with van der Waals surface area (Å²) in [6.45, 7) is 0.294. The third-order valence-corrected chi connectivity index (χ3v) is 4.93. The van der Waals surface area contributed by atoms with Crippen LogP contribution in [0.5, 0.6) is 5.75 Å². The van der Waals surface area contributed by atoms with Crippen LogP contribution in [0, 0.1) is 0 Å². The highest BCUT2D eigenvalue weighted by Crippen LogP contribution is 2.24. The van der Waals surface area contributed by atoms with E-state index in [1.54, 1.807) is 6.20 Å². The topological polar surface area (TPSA) is 94.3 Å². The first-order valence-corrected chi connectivity index (χ1v) is 8.21. The Balaban J connectivity index is 2.06. The van der Waals surface area contributed by atoms with E-state index in [2.05, 4.69) is 9.71 Å². The zero-order chi connectivity index (χ0) is 14.6. The van der Waals surface area contributed by atoms with Gasteiger partial charge in [-0.2, -0.15) is 0 Å². The molecule has 0 atom stereocenters. The van der Waals surface area contributed by atoms with E-state index in [1.165, 1.54) is 36.6 Å². The summed E-state index contributed by atoms with van der Waals surface area (Å²) in [7, 11) is -2.13. The van der Waals surface area contributed by atoms with Crippen LogP contribution >= 0.6 is 11.3 Å². The molecule has 2 aromatic rings. The number of nitrogens with one attached hydrogen (secondary N) is 1. The van der Waals surface area contributed by atoms with Crippen molar-refractivity contribution in [2.24, 2.45) is 0 Å². The van der Waals surface area contributed by atoms with Gasteiger partial charge in [0.05, 0.1) is 22.7 Å². The predicted octanol–water partition coefficient (Wildman–Crippen LogP) is 1.25. The summed E-state index contributed by atoms with van der Waals surface area (Å²) in [6.07, 6.45) is 2.25. The summed E-state index contributed by atoms with van der Waals surface area (Å²) < 4.78 is 31.8. The molecule has 1 aromatic carbocycles. The van der Waals surface area contributed by atoms with E-state index in [1.807, 2.05) is 5.38 Å². The monoisotopic (exact) mass is 313 g/mol. The van der Waals surface area contributed by atoms with Gasteiger partial charge in [-0.15, -0.1) is 11.3 Å². The Morgan fingerprint density at radius 3 is 2.90 bits per heavy atom. The minimum absolute atomic E-state index is 0.127. The highest BCUT2D eigenvalue weighted by molar-refractivity contribution is 7.89. The van der Waals surface area contributed by atoms with Crippen molar-refractivity contribution in [3.8, 4) is 5.75 Å². The lowest BCUT2D eigenvalue weighted by Crippen LogP contribution is -2.26. The number of nitrogens with two attached hydrogens (primary N) is 1. The number of nitrogens with zero attached hydrogens (tertiary/aromatic N) is 1. The van der Waals surface area contributed by atoms with Gasteiger partial charge < -0.3 is 10.5 Å². The number of rotatable bonds is 6. The summed E-state index contributed by atoms with van der Waals surface area (Å²) >= 11 is 1.49. The number of ether oxygens (including phenoxy) is 1. The van der Waals surface area contributed by atoms with Gasteiger partial charge >= 0.3 is 0 Å². The number of hydrogen-bond donors (Lipinski definition) is 2. The summed E-state index contributed by atoms with van der Waals surface area (Å²) in [5, 5.41) is 2.75. The number of thiazole rings is 1. The molecule has 0 radical (unpaired) electrons. The minimum atomic E-state index is -3.57. The Bertz CT molecular complexity index is 669. The van der Waals surface area contributed by atoms with Gasteiger partial charge in [-0.3, -0.25) is 0 Å². The minimum Gasteiger partial charge on any atom is -0.495 e. The summed E-state index contributed by atoms with van der Waals surface area (Å²) in [5.41, 5.74) is 6.06. The molecule has 0 saturated heterocycles. The fraction of sp³-hybridized carbons (Fsp3) is 0.250. The van der Waals surface area contributed by atoms with E-state index in [-0.39, 0.29) is 4.90 Å². The summed E-state index contributed by atoms with van der Waals surface area (Å²) in [6, 6.07) is 4.36. The second-order valence-corrected chi connectivity index (χ2v) is 6.72. The van der Waals surface area contributed by atoms with Crippen molar-refractivity contribution in [2.75, 3.05) is 19.4 Å². The Hall–Kier alpha value is -1.64. The average Bonchev–Trinajstić information content (AvgIpc) is 2.92. The molecule has 0 spiro atoms. The van der Waals surface area contributed by atoms with E-state index < -0.39 is 10.0 Å². The van der Waals surface area contributed by atoms with Gasteiger partial charge in [0, 0.05) is 30.6 Å². The van der Waals surface area contributed by atoms with Crippen LogP contribution in [0.1, 0.15) is 5.01 Å². The molecule has 3 N–H and O–H groups in total. The third kappa shape index (κ3) is 3.47. The molecule has 0 bridgehead atoms. The van der Waals surface area contributed by atoms with Crippen LogP contribution in [0.4, 0.5) is 5.69 Å². The SMILES string of the molecule is COc1cc(S(=O)(=O)NCCc2nccs2)ccc1N. The molecule has 0 amide bonds. The molecule has 20 heavy (non-hydrogen) atoms. The van der Waals surface area contributed by atoms with Gasteiger partial charge in [-0.05, 0) is 12.1 Å². The van der Waals surface area contributed by atoms with E-state index in [4.69, 9.17) is 10.5 Å². The third-order valence-electron chi connectivity index (χ3n) is 2.63. The maximum atomic E-state index is 12.1. The zero-order valence-corrected chi connectivity index (χ0v) is 12.5. The molecule has 0 aliphatic rings. The van der Waals surface area contributed by atoms with Crippen LogP contribution < -0.4 is 15.2 Å². The van der Waals surface area contributed by atoms with Gasteiger partial charge in [0.1, 0.15) is 5.75 Å². The fourth-order valence-corrected chi connectivity index (χ4v) is 3.28. The molecule has 108 valence electrons. The van der Waals surface area contributed by atoms with Gasteiger partial charge in [0.15, 0.2) is 0 Å². The molecule has 0 aliphatic carbocycles. The number of sulfonamides is 1. The predicted molar refractivity (Wildman–Crippen MR) is 78.4 cm³/mol. The van der Waals surface area contributed by atoms with Crippen LogP contribution in [0.15, 0.2) is 34.7 Å². The first kappa shape index (κ1) is 14.8. The molecular weight excluding hydrogens is 298 g/mol. The standard InChI is InChI=1S/C12H15N3O3S2/c1-18-11-8-9(2-3-10(11)13)20(16,17)15-5-4-12-14-6-7-19-12/h2-3,6-8,15H,4-5,13H2,1H3. The van der Waals surface area contributed by atoms with Crippen molar-refractivity contribution in [3.63, 3.8) is 0 Å². The Morgan fingerprint density at radius 1 is 1.45 bits per heavy atom. The van der Waals surface area contributed by atoms with Crippen molar-refractivity contribution in [1.82, 2.24) is 9.71 Å². The van der Waals surface area contributed by atoms with Crippen molar-refractivity contribution in [3.05, 3.63) is 34.8 Å². The molecule has 8 heteroatoms. The second-order valence-electron chi connectivity index (χ2n) is 3.98. The number of methoxy groups -OCH3 is 1. The summed E-state index contributed by atoms with van der Waals surface area (Å²) in [4.78, 5) is 4.22. The molecule has 0 aliphatic heterocycles. The largest absolute Gasteiger partial charge is 0.495 e. The first-order chi connectivity index (χ1) is 9.53. The van der Waals surface area contributed by atoms with Crippen LogP contribution in [0.25, 0.3) is 0 Å². The van der Waals surface area contributed by atoms with Crippen LogP contribution in [0.2, 0.25) is 0 Å². The van der Waals surface area contributed by atoms with Crippen LogP contribution in [-0.4, -0.2) is 27.1 Å². The maximum absolute atomic E-state index is 12.1. The Kier molecular flexibility index (Phi) is 4.58. The average molecular weight is 313 g/mol. The van der Waals surface area contributed by atoms with Crippen molar-refractivity contribution in [1.29, 1.82) is 0 Å². The lowest BCUT2D eigenvalue weighted by molar-refractivity contribution is 0.415. The second kappa shape index (κ2) is 6.21. The lowest BCUT2D eigenvalue weighted by Gasteiger charge is -2.09.